The lowest BCUT2D eigenvalue weighted by atomic mass is 10.4. The Morgan fingerprint density at radius 1 is 1.53 bits per heavy atom. The Morgan fingerprint density at radius 2 is 2.13 bits per heavy atom. The summed E-state index contributed by atoms with van der Waals surface area (Å²) in [7, 11) is -1.80. The predicted octanol–water partition coefficient (Wildman–Crippen LogP) is 1.02. The number of likely N-dealkylation sites (N-methyl/N-ethyl adjacent to an activating group) is 1. The molecule has 1 atom stereocenters. The molecule has 0 aromatic carbocycles. The molecule has 0 saturated heterocycles. The van der Waals surface area contributed by atoms with Gasteiger partial charge in [-0.25, -0.2) is 8.42 Å². The zero-order valence-corrected chi connectivity index (χ0v) is 10.7. The largest absolute Gasteiger partial charge is 0.329 e. The van der Waals surface area contributed by atoms with E-state index in [-0.39, 0.29) is 6.04 Å². The Labute approximate surface area is 94.8 Å². The van der Waals surface area contributed by atoms with Crippen LogP contribution in [0.3, 0.4) is 0 Å². The second-order valence-electron chi connectivity index (χ2n) is 3.47. The molecule has 0 aliphatic carbocycles. The van der Waals surface area contributed by atoms with Gasteiger partial charge in [0.05, 0.1) is 0 Å². The average Bonchev–Trinajstić information content (AvgIpc) is 2.63. The highest BCUT2D eigenvalue weighted by atomic mass is 32.2. The van der Waals surface area contributed by atoms with E-state index < -0.39 is 10.0 Å². The summed E-state index contributed by atoms with van der Waals surface area (Å²) < 4.78 is 25.7. The Hall–Kier alpha value is -0.430. The maximum absolute atomic E-state index is 12.0. The standard InChI is InChI=1S/C9H16N2O2S2/c1-7(6-10)11(3)15(12,13)9-5-4-8(2)14-9/h4-5,7H,6,10H2,1-3H3. The first-order chi connectivity index (χ1) is 6.89. The summed E-state index contributed by atoms with van der Waals surface area (Å²) in [6.45, 7) is 3.99. The summed E-state index contributed by atoms with van der Waals surface area (Å²) in [6, 6.07) is 3.26. The lowest BCUT2D eigenvalue weighted by molar-refractivity contribution is 0.395. The summed E-state index contributed by atoms with van der Waals surface area (Å²) in [6.07, 6.45) is 0. The third kappa shape index (κ3) is 2.57. The molecule has 1 heterocycles. The van der Waals surface area contributed by atoms with E-state index in [1.165, 1.54) is 15.6 Å². The van der Waals surface area contributed by atoms with Gasteiger partial charge < -0.3 is 5.73 Å². The molecule has 0 aliphatic rings. The number of nitrogens with two attached hydrogens (primary N) is 1. The van der Waals surface area contributed by atoms with Gasteiger partial charge in [0.15, 0.2) is 0 Å². The van der Waals surface area contributed by atoms with Crippen LogP contribution in [0.2, 0.25) is 0 Å². The summed E-state index contributed by atoms with van der Waals surface area (Å²) in [5, 5.41) is 0. The maximum atomic E-state index is 12.0. The Kier molecular flexibility index (Phi) is 3.88. The number of hydrogen-bond acceptors (Lipinski definition) is 4. The minimum atomic E-state index is -3.36. The molecule has 0 aliphatic heterocycles. The number of rotatable bonds is 4. The summed E-state index contributed by atoms with van der Waals surface area (Å²) in [5.74, 6) is 0. The van der Waals surface area contributed by atoms with Gasteiger partial charge in [-0.2, -0.15) is 4.31 Å². The Bertz CT molecular complexity index is 425. The van der Waals surface area contributed by atoms with Crippen LogP contribution in [0.25, 0.3) is 0 Å². The zero-order valence-electron chi connectivity index (χ0n) is 9.10. The molecule has 0 bridgehead atoms. The van der Waals surface area contributed by atoms with Crippen molar-refractivity contribution in [1.29, 1.82) is 0 Å². The van der Waals surface area contributed by atoms with Crippen molar-refractivity contribution in [1.82, 2.24) is 4.31 Å². The first kappa shape index (κ1) is 12.6. The van der Waals surface area contributed by atoms with Crippen LogP contribution in [-0.4, -0.2) is 32.4 Å². The van der Waals surface area contributed by atoms with Gasteiger partial charge in [0.2, 0.25) is 0 Å². The summed E-state index contributed by atoms with van der Waals surface area (Å²) in [5.41, 5.74) is 5.45. The van der Waals surface area contributed by atoms with Gasteiger partial charge in [0, 0.05) is 24.5 Å². The molecule has 15 heavy (non-hydrogen) atoms. The van der Waals surface area contributed by atoms with Crippen LogP contribution in [0, 0.1) is 6.92 Å². The van der Waals surface area contributed by atoms with E-state index in [9.17, 15) is 8.42 Å². The second kappa shape index (κ2) is 4.61. The highest BCUT2D eigenvalue weighted by Gasteiger charge is 2.25. The maximum Gasteiger partial charge on any atom is 0.252 e. The van der Waals surface area contributed by atoms with E-state index in [4.69, 9.17) is 5.73 Å². The van der Waals surface area contributed by atoms with Crippen LogP contribution in [0.15, 0.2) is 16.3 Å². The smallest absolute Gasteiger partial charge is 0.252 e. The normalized spacial score (nSPS) is 14.5. The molecule has 6 heteroatoms. The van der Waals surface area contributed by atoms with E-state index >= 15 is 0 Å². The summed E-state index contributed by atoms with van der Waals surface area (Å²) >= 11 is 1.28. The van der Waals surface area contributed by atoms with Gasteiger partial charge in [0.25, 0.3) is 10.0 Å². The fourth-order valence-corrected chi connectivity index (χ4v) is 3.92. The van der Waals surface area contributed by atoms with E-state index in [1.54, 1.807) is 26.1 Å². The molecule has 0 radical (unpaired) electrons. The van der Waals surface area contributed by atoms with Crippen molar-refractivity contribution >= 4 is 21.4 Å². The van der Waals surface area contributed by atoms with E-state index in [1.807, 2.05) is 6.92 Å². The van der Waals surface area contributed by atoms with Gasteiger partial charge in [-0.1, -0.05) is 0 Å². The molecule has 86 valence electrons. The number of aryl methyl sites for hydroxylation is 1. The Balaban J connectivity index is 3.03. The van der Waals surface area contributed by atoms with Crippen molar-refractivity contribution in [2.45, 2.75) is 24.1 Å². The third-order valence-electron chi connectivity index (χ3n) is 2.31. The molecule has 1 aromatic heterocycles. The first-order valence-electron chi connectivity index (χ1n) is 4.64. The van der Waals surface area contributed by atoms with Crippen LogP contribution in [0.4, 0.5) is 0 Å². The van der Waals surface area contributed by atoms with Crippen molar-refractivity contribution in [2.75, 3.05) is 13.6 Å². The average molecular weight is 248 g/mol. The SMILES string of the molecule is Cc1ccc(S(=O)(=O)N(C)C(C)CN)s1. The van der Waals surface area contributed by atoms with Crippen molar-refractivity contribution < 1.29 is 8.42 Å². The molecular formula is C9H16N2O2S2. The molecule has 1 unspecified atom stereocenters. The van der Waals surface area contributed by atoms with Gasteiger partial charge >= 0.3 is 0 Å². The molecular weight excluding hydrogens is 232 g/mol. The molecule has 2 N–H and O–H groups in total. The minimum Gasteiger partial charge on any atom is -0.329 e. The monoisotopic (exact) mass is 248 g/mol. The van der Waals surface area contributed by atoms with Crippen LogP contribution in [-0.2, 0) is 10.0 Å². The van der Waals surface area contributed by atoms with Crippen molar-refractivity contribution in [2.24, 2.45) is 5.73 Å². The molecule has 1 rings (SSSR count). The highest BCUT2D eigenvalue weighted by Crippen LogP contribution is 2.24. The van der Waals surface area contributed by atoms with Crippen LogP contribution in [0.5, 0.6) is 0 Å². The number of nitrogens with zero attached hydrogens (tertiary/aromatic N) is 1. The minimum absolute atomic E-state index is 0.183. The van der Waals surface area contributed by atoms with E-state index in [0.717, 1.165) is 4.88 Å². The van der Waals surface area contributed by atoms with Gasteiger partial charge in [-0.05, 0) is 26.0 Å². The lowest BCUT2D eigenvalue weighted by Gasteiger charge is -2.21. The Morgan fingerprint density at radius 3 is 2.53 bits per heavy atom. The number of thiophene rings is 1. The molecule has 0 amide bonds. The van der Waals surface area contributed by atoms with Gasteiger partial charge in [-0.15, -0.1) is 11.3 Å². The van der Waals surface area contributed by atoms with Crippen LogP contribution < -0.4 is 5.73 Å². The zero-order chi connectivity index (χ0) is 11.6. The van der Waals surface area contributed by atoms with Crippen molar-refractivity contribution in [3.05, 3.63) is 17.0 Å². The predicted molar refractivity (Wildman–Crippen MR) is 62.5 cm³/mol. The first-order valence-corrected chi connectivity index (χ1v) is 6.89. The van der Waals surface area contributed by atoms with E-state index in [0.29, 0.717) is 10.8 Å². The van der Waals surface area contributed by atoms with Gasteiger partial charge in [0.1, 0.15) is 4.21 Å². The summed E-state index contributed by atoms with van der Waals surface area (Å²) in [4.78, 5) is 0.988. The molecule has 4 nitrogen and oxygen atoms in total. The molecule has 0 spiro atoms. The fourth-order valence-electron chi connectivity index (χ4n) is 1.08. The topological polar surface area (TPSA) is 63.4 Å². The molecule has 1 aromatic rings. The lowest BCUT2D eigenvalue weighted by Crippen LogP contribution is -2.39. The quantitative estimate of drug-likeness (QED) is 0.865. The molecule has 0 saturated carbocycles. The van der Waals surface area contributed by atoms with Gasteiger partial charge in [-0.3, -0.25) is 0 Å². The fraction of sp³-hybridized carbons (Fsp3) is 0.556. The second-order valence-corrected chi connectivity index (χ2v) is 6.98. The van der Waals surface area contributed by atoms with Crippen LogP contribution in [0.1, 0.15) is 11.8 Å². The van der Waals surface area contributed by atoms with Crippen molar-refractivity contribution in [3.8, 4) is 0 Å². The van der Waals surface area contributed by atoms with E-state index in [2.05, 4.69) is 0 Å². The van der Waals surface area contributed by atoms with Crippen LogP contribution >= 0.6 is 11.3 Å². The number of sulfonamides is 1. The highest BCUT2D eigenvalue weighted by molar-refractivity contribution is 7.91. The van der Waals surface area contributed by atoms with Crippen molar-refractivity contribution in [3.63, 3.8) is 0 Å². The number of hydrogen-bond donors (Lipinski definition) is 1. The molecule has 0 fully saturated rings. The third-order valence-corrected chi connectivity index (χ3v) is 5.75.